The Hall–Kier alpha value is -0.820. The van der Waals surface area contributed by atoms with Gasteiger partial charge in [0.25, 0.3) is 0 Å². The van der Waals surface area contributed by atoms with Crippen molar-refractivity contribution in [1.82, 2.24) is 0 Å². The van der Waals surface area contributed by atoms with E-state index in [0.717, 1.165) is 9.13 Å². The number of ether oxygens (including phenoxy) is 1. The Morgan fingerprint density at radius 3 is 2.44 bits per heavy atom. The number of amides is 1. The molecule has 1 atom stereocenters. The molecule has 1 amide bonds. The summed E-state index contributed by atoms with van der Waals surface area (Å²) in [5.74, 6) is 0. The smallest absolute Gasteiger partial charge is 0.405 e. The molecule has 1 aromatic rings. The fraction of sp³-hybridized carbons (Fsp3) is 0.462. The third-order valence-corrected chi connectivity index (χ3v) is 4.12. The van der Waals surface area contributed by atoms with Crippen molar-refractivity contribution in [1.29, 1.82) is 0 Å². The molecule has 0 heterocycles. The summed E-state index contributed by atoms with van der Waals surface area (Å²) in [5.41, 5.74) is 3.43. The van der Waals surface area contributed by atoms with Crippen LogP contribution in [0.25, 0.3) is 0 Å². The van der Waals surface area contributed by atoms with Gasteiger partial charge in [0.15, 0.2) is 0 Å². The van der Waals surface area contributed by atoms with Crippen LogP contribution in [0.3, 0.4) is 0 Å². The number of halogens is 1. The van der Waals surface area contributed by atoms with Gasteiger partial charge in [-0.1, -0.05) is 25.1 Å². The zero-order chi connectivity index (χ0) is 14.0. The van der Waals surface area contributed by atoms with E-state index in [2.05, 4.69) is 22.6 Å². The summed E-state index contributed by atoms with van der Waals surface area (Å²) in [5, 5.41) is 10.9. The van der Waals surface area contributed by atoms with Crippen molar-refractivity contribution < 1.29 is 14.6 Å². The second kappa shape index (κ2) is 5.44. The molecular weight excluding hydrogens is 345 g/mol. The highest BCUT2D eigenvalue weighted by atomic mass is 127. The van der Waals surface area contributed by atoms with Crippen LogP contribution in [0.2, 0.25) is 0 Å². The highest BCUT2D eigenvalue weighted by Crippen LogP contribution is 2.40. The van der Waals surface area contributed by atoms with Gasteiger partial charge in [-0.15, -0.1) is 0 Å². The van der Waals surface area contributed by atoms with Crippen LogP contribution in [-0.4, -0.2) is 16.8 Å². The Labute approximate surface area is 121 Å². The molecule has 0 radical (unpaired) electrons. The van der Waals surface area contributed by atoms with E-state index in [9.17, 15) is 9.90 Å². The van der Waals surface area contributed by atoms with Crippen molar-refractivity contribution >= 4 is 28.7 Å². The van der Waals surface area contributed by atoms with Crippen molar-refractivity contribution in [3.05, 3.63) is 33.4 Å². The molecule has 1 aromatic carbocycles. The fourth-order valence-electron chi connectivity index (χ4n) is 2.07. The van der Waals surface area contributed by atoms with Gasteiger partial charge in [-0.25, -0.2) is 4.79 Å². The number of hydrogen-bond donors (Lipinski definition) is 2. The largest absolute Gasteiger partial charge is 0.440 e. The molecule has 4 nitrogen and oxygen atoms in total. The summed E-state index contributed by atoms with van der Waals surface area (Å²) in [4.78, 5) is 11.0. The van der Waals surface area contributed by atoms with Gasteiger partial charge in [0, 0.05) is 9.13 Å². The first-order valence-corrected chi connectivity index (χ1v) is 6.78. The molecule has 0 aliphatic rings. The first-order valence-electron chi connectivity index (χ1n) is 5.70. The Bertz CT molecular complexity index is 448. The van der Waals surface area contributed by atoms with E-state index < -0.39 is 17.3 Å². The summed E-state index contributed by atoms with van der Waals surface area (Å²) >= 11 is 2.15. The molecular formula is C13H18INO3. The molecule has 0 aliphatic carbocycles. The summed E-state index contributed by atoms with van der Waals surface area (Å²) in [7, 11) is 0. The van der Waals surface area contributed by atoms with Crippen molar-refractivity contribution in [2.45, 2.75) is 38.4 Å². The van der Waals surface area contributed by atoms with Crippen LogP contribution in [0.5, 0.6) is 0 Å². The van der Waals surface area contributed by atoms with Crippen LogP contribution >= 0.6 is 22.6 Å². The van der Waals surface area contributed by atoms with Crippen LogP contribution in [0.4, 0.5) is 4.79 Å². The Kier molecular flexibility index (Phi) is 4.61. The number of nitrogens with two attached hydrogens (primary N) is 1. The molecule has 0 bridgehead atoms. The molecule has 18 heavy (non-hydrogen) atoms. The van der Waals surface area contributed by atoms with Gasteiger partial charge < -0.3 is 15.6 Å². The number of hydrogen-bond acceptors (Lipinski definition) is 3. The van der Waals surface area contributed by atoms with Crippen LogP contribution in [0.15, 0.2) is 24.3 Å². The van der Waals surface area contributed by atoms with Crippen LogP contribution in [-0.2, 0) is 10.3 Å². The maximum Gasteiger partial charge on any atom is 0.405 e. The van der Waals surface area contributed by atoms with Crippen LogP contribution in [0, 0.1) is 3.57 Å². The van der Waals surface area contributed by atoms with Crippen molar-refractivity contribution in [3.63, 3.8) is 0 Å². The van der Waals surface area contributed by atoms with E-state index in [-0.39, 0.29) is 0 Å². The van der Waals surface area contributed by atoms with Crippen LogP contribution in [0.1, 0.15) is 32.8 Å². The van der Waals surface area contributed by atoms with Crippen molar-refractivity contribution in [2.75, 3.05) is 0 Å². The molecule has 0 spiro atoms. The summed E-state index contributed by atoms with van der Waals surface area (Å²) in [6.45, 7) is 5.16. The number of aliphatic hydroxyl groups is 1. The standard InChI is InChI=1S/C13H18INO3/c1-4-13(17,12(2,3)18-11(15)16)9-7-5-6-8-10(9)14/h5-8,17H,4H2,1-3H3,(H2,15,16)/t13-/m0/s1. The van der Waals surface area contributed by atoms with E-state index in [4.69, 9.17) is 10.5 Å². The predicted octanol–water partition coefficient (Wildman–Crippen LogP) is 2.76. The number of carbonyl (C=O) groups excluding carboxylic acids is 1. The van der Waals surface area contributed by atoms with E-state index in [1.54, 1.807) is 13.8 Å². The second-order valence-corrected chi connectivity index (χ2v) is 5.79. The monoisotopic (exact) mass is 363 g/mol. The van der Waals surface area contributed by atoms with Crippen LogP contribution < -0.4 is 5.73 Å². The van der Waals surface area contributed by atoms with Gasteiger partial charge in [-0.3, -0.25) is 0 Å². The number of primary amides is 1. The molecule has 0 aromatic heterocycles. The van der Waals surface area contributed by atoms with Gasteiger partial charge in [-0.2, -0.15) is 0 Å². The Balaban J connectivity index is 3.29. The molecule has 0 aliphatic heterocycles. The average molecular weight is 363 g/mol. The van der Waals surface area contributed by atoms with Crippen molar-refractivity contribution in [2.24, 2.45) is 5.73 Å². The topological polar surface area (TPSA) is 72.6 Å². The minimum Gasteiger partial charge on any atom is -0.440 e. The summed E-state index contributed by atoms with van der Waals surface area (Å²) in [6.07, 6.45) is -0.481. The first kappa shape index (κ1) is 15.2. The first-order chi connectivity index (χ1) is 8.24. The second-order valence-electron chi connectivity index (χ2n) is 4.63. The summed E-state index contributed by atoms with van der Waals surface area (Å²) < 4.78 is 6.01. The zero-order valence-corrected chi connectivity index (χ0v) is 12.9. The minimum atomic E-state index is -1.28. The van der Waals surface area contributed by atoms with Gasteiger partial charge in [0.2, 0.25) is 0 Å². The molecule has 0 fully saturated rings. The highest BCUT2D eigenvalue weighted by Gasteiger charge is 2.47. The Morgan fingerprint density at radius 1 is 1.44 bits per heavy atom. The lowest BCUT2D eigenvalue weighted by molar-refractivity contribution is -0.140. The van der Waals surface area contributed by atoms with Gasteiger partial charge in [0.05, 0.1) is 0 Å². The average Bonchev–Trinajstić information content (AvgIpc) is 2.26. The lowest BCUT2D eigenvalue weighted by Gasteiger charge is -2.41. The van der Waals surface area contributed by atoms with E-state index in [1.807, 2.05) is 31.2 Å². The lowest BCUT2D eigenvalue weighted by Crippen LogP contribution is -2.51. The normalized spacial score (nSPS) is 14.9. The third-order valence-electron chi connectivity index (χ3n) is 3.18. The molecule has 0 unspecified atom stereocenters. The van der Waals surface area contributed by atoms with Gasteiger partial charge in [-0.05, 0) is 48.9 Å². The highest BCUT2D eigenvalue weighted by molar-refractivity contribution is 14.1. The lowest BCUT2D eigenvalue weighted by atomic mass is 9.77. The maximum atomic E-state index is 11.0. The molecule has 0 saturated heterocycles. The third kappa shape index (κ3) is 2.77. The van der Waals surface area contributed by atoms with E-state index in [1.165, 1.54) is 0 Å². The van der Waals surface area contributed by atoms with Gasteiger partial charge >= 0.3 is 6.09 Å². The van der Waals surface area contributed by atoms with E-state index in [0.29, 0.717) is 6.42 Å². The fourth-order valence-corrected chi connectivity index (χ4v) is 2.91. The number of rotatable bonds is 4. The molecule has 5 heteroatoms. The molecule has 0 saturated carbocycles. The Morgan fingerprint density at radius 2 is 2.00 bits per heavy atom. The molecule has 3 N–H and O–H groups in total. The SMILES string of the molecule is CC[C@](O)(c1ccccc1I)C(C)(C)OC(N)=O. The zero-order valence-electron chi connectivity index (χ0n) is 10.7. The minimum absolute atomic E-state index is 0.410. The van der Waals surface area contributed by atoms with Crippen molar-refractivity contribution in [3.8, 4) is 0 Å². The number of benzene rings is 1. The molecule has 100 valence electrons. The summed E-state index contributed by atoms with van der Waals surface area (Å²) in [6, 6.07) is 7.47. The maximum absolute atomic E-state index is 11.0. The van der Waals surface area contributed by atoms with E-state index >= 15 is 0 Å². The molecule has 1 rings (SSSR count). The number of carbonyl (C=O) groups is 1. The van der Waals surface area contributed by atoms with Gasteiger partial charge in [0.1, 0.15) is 11.2 Å². The quantitative estimate of drug-likeness (QED) is 0.808. The predicted molar refractivity (Wildman–Crippen MR) is 78.1 cm³/mol.